The molecule has 6 aromatic rings. The van der Waals surface area contributed by atoms with Crippen LogP contribution in [0.5, 0.6) is 17.2 Å². The summed E-state index contributed by atoms with van der Waals surface area (Å²) < 4.78 is 19.9. The first-order valence-electron chi connectivity index (χ1n) is 22.9. The predicted molar refractivity (Wildman–Crippen MR) is 254 cm³/mol. The molecule has 320 valence electrons. The zero-order chi connectivity index (χ0) is 42.1. The van der Waals surface area contributed by atoms with Crippen LogP contribution in [0.1, 0.15) is 95.2 Å². The molecule has 0 bridgehead atoms. The van der Waals surface area contributed by atoms with Gasteiger partial charge in [-0.2, -0.15) is 0 Å². The van der Waals surface area contributed by atoms with Crippen molar-refractivity contribution < 1.29 is 14.2 Å². The topological polar surface area (TPSA) is 63.8 Å². The molecule has 3 heterocycles. The Hall–Kier alpha value is -5.11. The van der Waals surface area contributed by atoms with Gasteiger partial charge in [0.15, 0.2) is 0 Å². The van der Waals surface area contributed by atoms with E-state index in [0.29, 0.717) is 48.3 Å². The number of halogens is 1. The lowest BCUT2D eigenvalue weighted by Crippen LogP contribution is -2.27. The molecule has 3 aliphatic rings. The van der Waals surface area contributed by atoms with E-state index in [2.05, 4.69) is 138 Å². The van der Waals surface area contributed by atoms with Crippen LogP contribution >= 0.6 is 11.6 Å². The molecule has 0 atom stereocenters. The van der Waals surface area contributed by atoms with Gasteiger partial charge in [-0.15, -0.1) is 0 Å². The van der Waals surface area contributed by atoms with E-state index >= 15 is 0 Å². The maximum Gasteiger partial charge on any atom is 0.139 e. The average Bonchev–Trinajstić information content (AvgIpc) is 3.33. The van der Waals surface area contributed by atoms with Gasteiger partial charge in [0, 0.05) is 5.56 Å². The number of ether oxygens (including phenoxy) is 3. The predicted octanol–water partition coefficient (Wildman–Crippen LogP) is 12.1. The largest absolute Gasteiger partial charge is 0.489 e. The van der Waals surface area contributed by atoms with Gasteiger partial charge in [-0.25, -0.2) is 0 Å². The molecule has 3 fully saturated rings. The van der Waals surface area contributed by atoms with Gasteiger partial charge in [0.1, 0.15) is 37.1 Å². The average molecular weight is 847 g/mol. The van der Waals surface area contributed by atoms with Crippen molar-refractivity contribution in [1.29, 1.82) is 0 Å². The minimum atomic E-state index is 0.401. The summed E-state index contributed by atoms with van der Waals surface area (Å²) in [5, 5.41) is 11.3. The third-order valence-electron chi connectivity index (χ3n) is 13.4. The molecular weight excluding hydrogens is 786 g/mol. The van der Waals surface area contributed by atoms with E-state index in [4.69, 9.17) is 25.8 Å². The second-order valence-corrected chi connectivity index (χ2v) is 17.7. The van der Waals surface area contributed by atoms with Crippen molar-refractivity contribution in [1.82, 2.24) is 16.0 Å². The fourth-order valence-electron chi connectivity index (χ4n) is 10.1. The Labute approximate surface area is 373 Å². The zero-order valence-corrected chi connectivity index (χ0v) is 36.8. The van der Waals surface area contributed by atoms with Crippen molar-refractivity contribution in [3.8, 4) is 39.5 Å². The molecule has 62 heavy (non-hydrogen) atoms. The van der Waals surface area contributed by atoms with Crippen molar-refractivity contribution >= 4 is 11.6 Å². The van der Waals surface area contributed by atoms with Crippen LogP contribution in [0.2, 0.25) is 5.02 Å². The molecular formula is C55H60ClN3O3. The normalized spacial score (nSPS) is 16.5. The van der Waals surface area contributed by atoms with Crippen LogP contribution in [0.3, 0.4) is 0 Å². The van der Waals surface area contributed by atoms with E-state index in [0.717, 1.165) is 93.1 Å². The van der Waals surface area contributed by atoms with Crippen LogP contribution in [0, 0.1) is 6.92 Å². The van der Waals surface area contributed by atoms with Crippen LogP contribution in [0.15, 0.2) is 127 Å². The minimum absolute atomic E-state index is 0.401. The SMILES string of the molecule is Cc1ccccc1OCc1cccc(-c2cccc(OCc3cccc(-c4cccc(OCc5ccccc5C5CCNCC5)c4)c3C3CCNCC3)c2Cl)c1C1CCNCC1. The highest BCUT2D eigenvalue weighted by atomic mass is 35.5. The summed E-state index contributed by atoms with van der Waals surface area (Å²) in [6, 6.07) is 45.3. The maximum atomic E-state index is 7.43. The van der Waals surface area contributed by atoms with Crippen molar-refractivity contribution in [3.63, 3.8) is 0 Å². The Kier molecular flexibility index (Phi) is 13.9. The van der Waals surface area contributed by atoms with E-state index in [1.165, 1.54) is 57.3 Å². The van der Waals surface area contributed by atoms with E-state index in [1.54, 1.807) is 0 Å². The van der Waals surface area contributed by atoms with Crippen LogP contribution in [-0.2, 0) is 19.8 Å². The van der Waals surface area contributed by atoms with Gasteiger partial charge < -0.3 is 30.2 Å². The summed E-state index contributed by atoms with van der Waals surface area (Å²) in [4.78, 5) is 0. The molecule has 6 nitrogen and oxygen atoms in total. The number of nitrogens with one attached hydrogen (secondary N) is 3. The van der Waals surface area contributed by atoms with Gasteiger partial charge in [0.2, 0.25) is 0 Å². The molecule has 3 N–H and O–H groups in total. The van der Waals surface area contributed by atoms with Gasteiger partial charge in [0.25, 0.3) is 0 Å². The number of hydrogen-bond donors (Lipinski definition) is 3. The van der Waals surface area contributed by atoms with E-state index < -0.39 is 0 Å². The number of aryl methyl sites for hydroxylation is 1. The standard InChI is InChI=1S/C55H60ClN3O3/c1-38-10-2-5-20-51(38)61-36-45-14-8-18-49(54(45)41-26-32-59-33-27-41)50-19-9-21-52(55(50)56)62-37-44-13-7-17-48(53(44)40-24-30-58-31-25-40)42-12-6-15-46(34-42)60-35-43-11-3-4-16-47(43)39-22-28-57-29-23-39/h2-21,34,39-41,57-59H,22-33,35-37H2,1H3. The van der Waals surface area contributed by atoms with E-state index in [-0.39, 0.29) is 0 Å². The van der Waals surface area contributed by atoms with Crippen LogP contribution in [0.25, 0.3) is 22.3 Å². The number of hydrogen-bond acceptors (Lipinski definition) is 6. The van der Waals surface area contributed by atoms with Crippen LogP contribution < -0.4 is 30.2 Å². The zero-order valence-electron chi connectivity index (χ0n) is 36.1. The summed E-state index contributed by atoms with van der Waals surface area (Å²) >= 11 is 7.43. The molecule has 6 aromatic carbocycles. The lowest BCUT2D eigenvalue weighted by molar-refractivity contribution is 0.301. The molecule has 9 rings (SSSR count). The molecule has 3 saturated heterocycles. The molecule has 0 aromatic heterocycles. The highest BCUT2D eigenvalue weighted by Crippen LogP contribution is 2.44. The molecule has 0 amide bonds. The summed E-state index contributed by atoms with van der Waals surface area (Å²) in [6.45, 7) is 9.73. The quantitative estimate of drug-likeness (QED) is 0.102. The first-order chi connectivity index (χ1) is 30.6. The number of para-hydroxylation sites is 1. The Morgan fingerprint density at radius 2 is 0.968 bits per heavy atom. The number of rotatable bonds is 14. The third kappa shape index (κ3) is 9.75. The first kappa shape index (κ1) is 42.2. The van der Waals surface area contributed by atoms with Gasteiger partial charge in [-0.3, -0.25) is 0 Å². The summed E-state index contributed by atoms with van der Waals surface area (Å²) in [6.07, 6.45) is 6.63. The molecule has 0 unspecified atom stereocenters. The van der Waals surface area contributed by atoms with E-state index in [1.807, 2.05) is 12.1 Å². The highest BCUT2D eigenvalue weighted by Gasteiger charge is 2.26. The summed E-state index contributed by atoms with van der Waals surface area (Å²) in [5.41, 5.74) is 13.5. The van der Waals surface area contributed by atoms with E-state index in [9.17, 15) is 0 Å². The molecule has 7 heteroatoms. The van der Waals surface area contributed by atoms with Gasteiger partial charge in [-0.05, 0) is 182 Å². The third-order valence-corrected chi connectivity index (χ3v) is 13.8. The van der Waals surface area contributed by atoms with Crippen LogP contribution in [-0.4, -0.2) is 39.3 Å². The number of benzene rings is 6. The fourth-order valence-corrected chi connectivity index (χ4v) is 10.4. The molecule has 3 aliphatic heterocycles. The lowest BCUT2D eigenvalue weighted by Gasteiger charge is -2.28. The van der Waals surface area contributed by atoms with Crippen molar-refractivity contribution in [2.45, 2.75) is 83.0 Å². The number of piperidine rings is 3. The van der Waals surface area contributed by atoms with Crippen LogP contribution in [0.4, 0.5) is 0 Å². The molecule has 0 spiro atoms. The second kappa shape index (κ2) is 20.4. The van der Waals surface area contributed by atoms with Gasteiger partial charge in [0.05, 0.1) is 5.02 Å². The monoisotopic (exact) mass is 845 g/mol. The molecule has 0 aliphatic carbocycles. The molecule has 0 saturated carbocycles. The Bertz CT molecular complexity index is 2430. The molecule has 0 radical (unpaired) electrons. The minimum Gasteiger partial charge on any atom is -0.489 e. The Morgan fingerprint density at radius 1 is 0.468 bits per heavy atom. The first-order valence-corrected chi connectivity index (χ1v) is 23.3. The Balaban J connectivity index is 0.987. The van der Waals surface area contributed by atoms with Gasteiger partial charge in [-0.1, -0.05) is 115 Å². The Morgan fingerprint density at radius 3 is 1.66 bits per heavy atom. The lowest BCUT2D eigenvalue weighted by atomic mass is 9.82. The highest BCUT2D eigenvalue weighted by molar-refractivity contribution is 6.34. The summed E-state index contributed by atoms with van der Waals surface area (Å²) in [7, 11) is 0. The fraction of sp³-hybridized carbons (Fsp3) is 0.345. The second-order valence-electron chi connectivity index (χ2n) is 17.3. The maximum absolute atomic E-state index is 7.43. The van der Waals surface area contributed by atoms with Crippen molar-refractivity contribution in [2.75, 3.05) is 39.3 Å². The smallest absolute Gasteiger partial charge is 0.139 e. The van der Waals surface area contributed by atoms with Crippen molar-refractivity contribution in [3.05, 3.63) is 171 Å². The van der Waals surface area contributed by atoms with Gasteiger partial charge >= 0.3 is 0 Å². The van der Waals surface area contributed by atoms with Crippen molar-refractivity contribution in [2.24, 2.45) is 0 Å². The summed E-state index contributed by atoms with van der Waals surface area (Å²) in [5.74, 6) is 3.89.